The fourth-order valence-corrected chi connectivity index (χ4v) is 2.89. The van der Waals surface area contributed by atoms with Crippen LogP contribution in [-0.2, 0) is 18.3 Å². The van der Waals surface area contributed by atoms with Crippen molar-refractivity contribution in [3.63, 3.8) is 0 Å². The molecule has 3 rings (SSSR count). The summed E-state index contributed by atoms with van der Waals surface area (Å²) in [5.74, 6) is -0.249. The maximum atomic E-state index is 12.2. The SMILES string of the molecule is Cn1ccc(C(=O)NC[C@@H]2CN(Cc3ccccc3)CCO2)cc1=O. The number of rotatable bonds is 5. The van der Waals surface area contributed by atoms with E-state index in [1.54, 1.807) is 19.3 Å². The van der Waals surface area contributed by atoms with Gasteiger partial charge in [-0.25, -0.2) is 0 Å². The van der Waals surface area contributed by atoms with Crippen molar-refractivity contribution in [3.05, 3.63) is 70.1 Å². The second-order valence-corrected chi connectivity index (χ2v) is 6.29. The first-order valence-electron chi connectivity index (χ1n) is 8.44. The van der Waals surface area contributed by atoms with Crippen LogP contribution in [0.5, 0.6) is 0 Å². The standard InChI is InChI=1S/C19H23N3O3/c1-21-8-7-16(11-18(21)23)19(24)20-12-17-14-22(9-10-25-17)13-15-5-3-2-4-6-15/h2-8,11,17H,9-10,12-14H2,1H3,(H,20,24)/t17-/m1/s1. The van der Waals surface area contributed by atoms with Gasteiger partial charge in [0, 0.05) is 51.1 Å². The lowest BCUT2D eigenvalue weighted by atomic mass is 10.2. The van der Waals surface area contributed by atoms with Gasteiger partial charge in [0.1, 0.15) is 0 Å². The summed E-state index contributed by atoms with van der Waals surface area (Å²) in [6.45, 7) is 3.61. The molecule has 132 valence electrons. The quantitative estimate of drug-likeness (QED) is 0.882. The fraction of sp³-hybridized carbons (Fsp3) is 0.368. The zero-order valence-electron chi connectivity index (χ0n) is 14.4. The van der Waals surface area contributed by atoms with Crippen LogP contribution in [0, 0.1) is 0 Å². The molecule has 1 N–H and O–H groups in total. The maximum Gasteiger partial charge on any atom is 0.251 e. The van der Waals surface area contributed by atoms with Gasteiger partial charge in [-0.15, -0.1) is 0 Å². The Morgan fingerprint density at radius 2 is 2.08 bits per heavy atom. The molecule has 0 saturated carbocycles. The Balaban J connectivity index is 1.51. The lowest BCUT2D eigenvalue weighted by Crippen LogP contribution is -2.47. The average molecular weight is 341 g/mol. The first-order chi connectivity index (χ1) is 12.1. The minimum Gasteiger partial charge on any atom is -0.374 e. The summed E-state index contributed by atoms with van der Waals surface area (Å²) in [5.41, 5.74) is 1.45. The number of hydrogen-bond acceptors (Lipinski definition) is 4. The first kappa shape index (κ1) is 17.4. The molecule has 2 heterocycles. The van der Waals surface area contributed by atoms with Crippen molar-refractivity contribution in [1.29, 1.82) is 0 Å². The highest BCUT2D eigenvalue weighted by Gasteiger charge is 2.21. The van der Waals surface area contributed by atoms with Crippen molar-refractivity contribution in [3.8, 4) is 0 Å². The van der Waals surface area contributed by atoms with Crippen molar-refractivity contribution in [2.24, 2.45) is 7.05 Å². The van der Waals surface area contributed by atoms with E-state index < -0.39 is 0 Å². The first-order valence-corrected chi connectivity index (χ1v) is 8.44. The van der Waals surface area contributed by atoms with Crippen LogP contribution in [0.3, 0.4) is 0 Å². The van der Waals surface area contributed by atoms with Crippen LogP contribution in [0.1, 0.15) is 15.9 Å². The number of carbonyl (C=O) groups excluding carboxylic acids is 1. The predicted molar refractivity (Wildman–Crippen MR) is 95.5 cm³/mol. The summed E-state index contributed by atoms with van der Waals surface area (Å²) in [6, 6.07) is 13.3. The number of morpholine rings is 1. The number of aryl methyl sites for hydroxylation is 1. The molecular weight excluding hydrogens is 318 g/mol. The smallest absolute Gasteiger partial charge is 0.251 e. The molecule has 0 unspecified atom stereocenters. The van der Waals surface area contributed by atoms with Gasteiger partial charge in [-0.1, -0.05) is 30.3 Å². The summed E-state index contributed by atoms with van der Waals surface area (Å²) in [6.07, 6.45) is 1.55. The number of amides is 1. The fourth-order valence-electron chi connectivity index (χ4n) is 2.89. The molecule has 1 aliphatic heterocycles. The van der Waals surface area contributed by atoms with Gasteiger partial charge in [0.15, 0.2) is 0 Å². The molecule has 0 aliphatic carbocycles. The Morgan fingerprint density at radius 1 is 1.28 bits per heavy atom. The molecule has 0 spiro atoms. The number of ether oxygens (including phenoxy) is 1. The highest BCUT2D eigenvalue weighted by Crippen LogP contribution is 2.10. The zero-order valence-corrected chi connectivity index (χ0v) is 14.4. The van der Waals surface area contributed by atoms with Gasteiger partial charge in [-0.05, 0) is 11.6 Å². The van der Waals surface area contributed by atoms with Gasteiger partial charge in [0.05, 0.1) is 12.7 Å². The molecule has 1 aromatic carbocycles. The largest absolute Gasteiger partial charge is 0.374 e. The monoisotopic (exact) mass is 341 g/mol. The third-order valence-electron chi connectivity index (χ3n) is 4.33. The van der Waals surface area contributed by atoms with Gasteiger partial charge in [0.25, 0.3) is 11.5 Å². The second kappa shape index (κ2) is 8.09. The third-order valence-corrected chi connectivity index (χ3v) is 4.33. The van der Waals surface area contributed by atoms with Gasteiger partial charge in [0.2, 0.25) is 0 Å². The van der Waals surface area contributed by atoms with Crippen molar-refractivity contribution >= 4 is 5.91 Å². The summed E-state index contributed by atoms with van der Waals surface area (Å²) >= 11 is 0. The summed E-state index contributed by atoms with van der Waals surface area (Å²) < 4.78 is 7.19. The van der Waals surface area contributed by atoms with Gasteiger partial charge < -0.3 is 14.6 Å². The normalized spacial score (nSPS) is 18.0. The van der Waals surface area contributed by atoms with E-state index in [-0.39, 0.29) is 17.6 Å². The van der Waals surface area contributed by atoms with E-state index in [1.165, 1.54) is 16.2 Å². The molecule has 1 aromatic heterocycles. The number of carbonyl (C=O) groups is 1. The number of aromatic nitrogens is 1. The maximum absolute atomic E-state index is 12.2. The topological polar surface area (TPSA) is 63.6 Å². The zero-order chi connectivity index (χ0) is 17.6. The Labute approximate surface area is 147 Å². The molecule has 25 heavy (non-hydrogen) atoms. The molecule has 1 atom stereocenters. The van der Waals surface area contributed by atoms with Crippen LogP contribution in [-0.4, -0.2) is 47.7 Å². The Kier molecular flexibility index (Phi) is 5.63. The van der Waals surface area contributed by atoms with Crippen molar-refractivity contribution in [2.45, 2.75) is 12.6 Å². The minimum absolute atomic E-state index is 0.0482. The van der Waals surface area contributed by atoms with E-state index in [9.17, 15) is 9.59 Å². The lowest BCUT2D eigenvalue weighted by molar-refractivity contribution is -0.0292. The molecule has 1 amide bonds. The highest BCUT2D eigenvalue weighted by atomic mass is 16.5. The van der Waals surface area contributed by atoms with E-state index >= 15 is 0 Å². The van der Waals surface area contributed by atoms with Crippen molar-refractivity contribution in [2.75, 3.05) is 26.2 Å². The molecule has 0 radical (unpaired) electrons. The molecule has 1 aliphatic rings. The van der Waals surface area contributed by atoms with E-state index in [0.29, 0.717) is 18.7 Å². The highest BCUT2D eigenvalue weighted by molar-refractivity contribution is 5.93. The van der Waals surface area contributed by atoms with Crippen molar-refractivity contribution in [1.82, 2.24) is 14.8 Å². The summed E-state index contributed by atoms with van der Waals surface area (Å²) in [5, 5.41) is 2.86. The molecule has 2 aromatic rings. The molecule has 0 bridgehead atoms. The van der Waals surface area contributed by atoms with Crippen LogP contribution >= 0.6 is 0 Å². The van der Waals surface area contributed by atoms with E-state index in [1.807, 2.05) is 18.2 Å². The van der Waals surface area contributed by atoms with E-state index in [0.717, 1.165) is 19.6 Å². The molecule has 1 saturated heterocycles. The Hall–Kier alpha value is -2.44. The summed E-state index contributed by atoms with van der Waals surface area (Å²) in [4.78, 5) is 26.1. The predicted octanol–water partition coefficient (Wildman–Crippen LogP) is 1.02. The Morgan fingerprint density at radius 3 is 2.84 bits per heavy atom. The van der Waals surface area contributed by atoms with Crippen LogP contribution in [0.2, 0.25) is 0 Å². The Bertz CT molecular complexity index is 773. The molecule has 6 heteroatoms. The van der Waals surface area contributed by atoms with E-state index in [2.05, 4.69) is 22.3 Å². The lowest BCUT2D eigenvalue weighted by Gasteiger charge is -2.33. The van der Waals surface area contributed by atoms with Crippen LogP contribution in [0.4, 0.5) is 0 Å². The number of benzene rings is 1. The van der Waals surface area contributed by atoms with Crippen LogP contribution < -0.4 is 10.9 Å². The van der Waals surface area contributed by atoms with E-state index in [4.69, 9.17) is 4.74 Å². The molecule has 1 fully saturated rings. The number of hydrogen-bond donors (Lipinski definition) is 1. The third kappa shape index (κ3) is 4.78. The van der Waals surface area contributed by atoms with Gasteiger partial charge in [-0.3, -0.25) is 14.5 Å². The molecule has 6 nitrogen and oxygen atoms in total. The van der Waals surface area contributed by atoms with Crippen LogP contribution in [0.15, 0.2) is 53.5 Å². The van der Waals surface area contributed by atoms with Gasteiger partial charge in [-0.2, -0.15) is 0 Å². The van der Waals surface area contributed by atoms with Crippen molar-refractivity contribution < 1.29 is 9.53 Å². The number of pyridine rings is 1. The van der Waals surface area contributed by atoms with Crippen LogP contribution in [0.25, 0.3) is 0 Å². The summed E-state index contributed by atoms with van der Waals surface area (Å²) in [7, 11) is 1.65. The average Bonchev–Trinajstić information content (AvgIpc) is 2.63. The van der Waals surface area contributed by atoms with Gasteiger partial charge >= 0.3 is 0 Å². The number of nitrogens with one attached hydrogen (secondary N) is 1. The minimum atomic E-state index is -0.249. The molecular formula is C19H23N3O3. The second-order valence-electron chi connectivity index (χ2n) is 6.29. The number of nitrogens with zero attached hydrogens (tertiary/aromatic N) is 2.